The maximum atomic E-state index is 13.0. The molecule has 1 amide bonds. The van der Waals surface area contributed by atoms with Gasteiger partial charge in [-0.3, -0.25) is 10.2 Å². The summed E-state index contributed by atoms with van der Waals surface area (Å²) in [4.78, 5) is 15.2. The van der Waals surface area contributed by atoms with Crippen LogP contribution in [0.3, 0.4) is 0 Å². The number of nitrogens with one attached hydrogen (secondary N) is 1. The van der Waals surface area contributed by atoms with Gasteiger partial charge in [0.15, 0.2) is 12.1 Å². The molecule has 0 aromatic heterocycles. The normalized spacial score (nSPS) is 26.2. The van der Waals surface area contributed by atoms with E-state index in [0.717, 1.165) is 25.9 Å². The summed E-state index contributed by atoms with van der Waals surface area (Å²) in [6.07, 6.45) is 9.51. The number of hydrogen-bond donors (Lipinski definition) is 1. The summed E-state index contributed by atoms with van der Waals surface area (Å²) in [6, 6.07) is 6.90. The maximum Gasteiger partial charge on any atom is 0.412 e. The zero-order valence-electron chi connectivity index (χ0n) is 25.7. The molecule has 42 heavy (non-hydrogen) atoms. The second-order valence-corrected chi connectivity index (χ2v) is 12.5. The van der Waals surface area contributed by atoms with E-state index in [4.69, 9.17) is 40.0 Å². The topological polar surface area (TPSA) is 87.7 Å². The molecule has 0 radical (unpaired) electrons. The molecule has 1 aromatic carbocycles. The van der Waals surface area contributed by atoms with Crippen molar-refractivity contribution < 1.29 is 33.2 Å². The van der Waals surface area contributed by atoms with Gasteiger partial charge >= 0.3 is 6.09 Å². The van der Waals surface area contributed by atoms with E-state index in [0.29, 0.717) is 37.1 Å². The number of unbranched alkanes of at least 4 members (excludes halogenated alkanes) is 9. The van der Waals surface area contributed by atoms with Gasteiger partial charge in [-0.2, -0.15) is 0 Å². The first kappa shape index (κ1) is 33.4. The average molecular weight is 611 g/mol. The molecule has 0 bridgehead atoms. The van der Waals surface area contributed by atoms with Gasteiger partial charge in [0.25, 0.3) is 0 Å². The number of anilines is 1. The van der Waals surface area contributed by atoms with Crippen molar-refractivity contribution >= 4 is 23.4 Å². The number of amides is 1. The number of rotatable bonds is 17. The molecule has 4 rings (SSSR count). The second-order valence-electron chi connectivity index (χ2n) is 12.1. The highest BCUT2D eigenvalue weighted by atomic mass is 35.5. The largest absolute Gasteiger partial charge is 0.442 e. The minimum Gasteiger partial charge on any atom is -0.442 e. The van der Waals surface area contributed by atoms with E-state index >= 15 is 0 Å². The van der Waals surface area contributed by atoms with Crippen LogP contribution in [-0.4, -0.2) is 86.9 Å². The zero-order chi connectivity index (χ0) is 29.8. The summed E-state index contributed by atoms with van der Waals surface area (Å²) in [7, 11) is 0. The van der Waals surface area contributed by atoms with Crippen molar-refractivity contribution in [2.24, 2.45) is 0 Å². The molecule has 0 saturated carbocycles. The Bertz CT molecular complexity index is 928. The molecule has 238 valence electrons. The monoisotopic (exact) mass is 610 g/mol. The minimum absolute atomic E-state index is 0.400. The summed E-state index contributed by atoms with van der Waals surface area (Å²) in [5.41, 5.74) is 0.596. The van der Waals surface area contributed by atoms with Crippen molar-refractivity contribution in [3.63, 3.8) is 0 Å². The third-order valence-corrected chi connectivity index (χ3v) is 8.34. The number of halogens is 1. The number of benzene rings is 1. The Labute approximate surface area is 256 Å². The Morgan fingerprint density at radius 3 is 2.26 bits per heavy atom. The Kier molecular flexibility index (Phi) is 13.6. The van der Waals surface area contributed by atoms with Gasteiger partial charge in [0.1, 0.15) is 24.4 Å². The van der Waals surface area contributed by atoms with Crippen molar-refractivity contribution in [3.05, 3.63) is 29.3 Å². The molecule has 0 aliphatic carbocycles. The van der Waals surface area contributed by atoms with Crippen molar-refractivity contribution in [3.8, 4) is 0 Å². The number of carbonyl (C=O) groups is 1. The lowest BCUT2D eigenvalue weighted by atomic mass is 10.0. The molecule has 3 fully saturated rings. The molecule has 10 heteroatoms. The number of carbonyl (C=O) groups excluding carboxylic acids is 1. The van der Waals surface area contributed by atoms with E-state index in [1.165, 1.54) is 51.4 Å². The van der Waals surface area contributed by atoms with Gasteiger partial charge in [0, 0.05) is 37.0 Å². The summed E-state index contributed by atoms with van der Waals surface area (Å²) in [5, 5.41) is 3.39. The van der Waals surface area contributed by atoms with E-state index < -0.39 is 42.6 Å². The smallest absolute Gasteiger partial charge is 0.412 e. The predicted molar refractivity (Wildman–Crippen MR) is 163 cm³/mol. The average Bonchev–Trinajstić information content (AvgIpc) is 3.46. The van der Waals surface area contributed by atoms with Gasteiger partial charge in [0.2, 0.25) is 0 Å². The fourth-order valence-electron chi connectivity index (χ4n) is 5.88. The van der Waals surface area contributed by atoms with Crippen LogP contribution in [0.1, 0.15) is 85.0 Å². The van der Waals surface area contributed by atoms with Gasteiger partial charge in [-0.25, -0.2) is 4.79 Å². The van der Waals surface area contributed by atoms with Crippen LogP contribution in [0.25, 0.3) is 0 Å². The van der Waals surface area contributed by atoms with Crippen LogP contribution >= 0.6 is 11.6 Å². The van der Waals surface area contributed by atoms with E-state index in [2.05, 4.69) is 17.1 Å². The first-order valence-corrected chi connectivity index (χ1v) is 16.4. The highest BCUT2D eigenvalue weighted by Gasteiger charge is 2.58. The maximum absolute atomic E-state index is 13.0. The van der Waals surface area contributed by atoms with Crippen LogP contribution in [0.5, 0.6) is 0 Å². The summed E-state index contributed by atoms with van der Waals surface area (Å²) < 4.78 is 36.8. The van der Waals surface area contributed by atoms with Gasteiger partial charge in [0.05, 0.1) is 13.2 Å². The van der Waals surface area contributed by atoms with E-state index in [1.54, 1.807) is 24.3 Å². The van der Waals surface area contributed by atoms with E-state index in [-0.39, 0.29) is 0 Å². The molecule has 3 aliphatic rings. The molecule has 5 atom stereocenters. The molecule has 3 saturated heterocycles. The van der Waals surface area contributed by atoms with Crippen molar-refractivity contribution in [2.45, 2.75) is 121 Å². The van der Waals surface area contributed by atoms with Crippen LogP contribution in [0, 0.1) is 0 Å². The van der Waals surface area contributed by atoms with Gasteiger partial charge in [-0.1, -0.05) is 76.3 Å². The molecule has 0 unspecified atom stereocenters. The Hall–Kier alpha value is -1.46. The lowest BCUT2D eigenvalue weighted by molar-refractivity contribution is -0.243. The first-order valence-electron chi connectivity index (χ1n) is 16.0. The number of morpholine rings is 1. The van der Waals surface area contributed by atoms with Crippen LogP contribution < -0.4 is 5.32 Å². The highest BCUT2D eigenvalue weighted by Crippen LogP contribution is 2.41. The Morgan fingerprint density at radius 2 is 1.60 bits per heavy atom. The zero-order valence-corrected chi connectivity index (χ0v) is 26.4. The molecule has 3 heterocycles. The summed E-state index contributed by atoms with van der Waals surface area (Å²) in [6.45, 7) is 9.90. The number of hydrogen-bond acceptors (Lipinski definition) is 8. The molecular formula is C32H51ClN2O7. The highest BCUT2D eigenvalue weighted by molar-refractivity contribution is 6.30. The quantitative estimate of drug-likeness (QED) is 0.193. The SMILES string of the molecule is CCCCCCCCCCCCO[C@H]1O[C@H]([C@@H](CN2CCOCC2)OC(=O)Nc2ccc(Cl)cc2)[C@@H]2OC(C)(C)O[C@H]12. The lowest BCUT2D eigenvalue weighted by Crippen LogP contribution is -2.50. The number of nitrogens with zero attached hydrogens (tertiary/aromatic N) is 1. The third-order valence-electron chi connectivity index (χ3n) is 8.08. The van der Waals surface area contributed by atoms with Gasteiger partial charge < -0.3 is 28.4 Å². The Morgan fingerprint density at radius 1 is 0.976 bits per heavy atom. The van der Waals surface area contributed by atoms with Gasteiger partial charge in [-0.15, -0.1) is 0 Å². The second kappa shape index (κ2) is 17.1. The van der Waals surface area contributed by atoms with Crippen molar-refractivity contribution in [1.82, 2.24) is 4.90 Å². The van der Waals surface area contributed by atoms with E-state index in [1.807, 2.05) is 13.8 Å². The van der Waals surface area contributed by atoms with Crippen LogP contribution in [-0.2, 0) is 28.4 Å². The lowest BCUT2D eigenvalue weighted by Gasteiger charge is -2.34. The molecule has 9 nitrogen and oxygen atoms in total. The first-order chi connectivity index (χ1) is 20.3. The van der Waals surface area contributed by atoms with Crippen LogP contribution in [0.4, 0.5) is 10.5 Å². The minimum atomic E-state index is -0.787. The fourth-order valence-corrected chi connectivity index (χ4v) is 6.00. The number of ether oxygens (including phenoxy) is 6. The molecule has 1 aromatic rings. The molecule has 3 aliphatic heterocycles. The molecular weight excluding hydrogens is 560 g/mol. The fraction of sp³-hybridized carbons (Fsp3) is 0.781. The summed E-state index contributed by atoms with van der Waals surface area (Å²) in [5.74, 6) is -0.787. The van der Waals surface area contributed by atoms with E-state index in [9.17, 15) is 4.79 Å². The summed E-state index contributed by atoms with van der Waals surface area (Å²) >= 11 is 5.99. The van der Waals surface area contributed by atoms with Gasteiger partial charge in [-0.05, 0) is 44.5 Å². The predicted octanol–water partition coefficient (Wildman–Crippen LogP) is 6.77. The molecule has 0 spiro atoms. The van der Waals surface area contributed by atoms with Crippen LogP contribution in [0.2, 0.25) is 5.02 Å². The number of fused-ring (bicyclic) bond motifs is 1. The third kappa shape index (κ3) is 10.6. The Balaban J connectivity index is 1.31. The van der Waals surface area contributed by atoms with Crippen LogP contribution in [0.15, 0.2) is 24.3 Å². The molecule has 1 N–H and O–H groups in total. The van der Waals surface area contributed by atoms with Crippen molar-refractivity contribution in [2.75, 3.05) is 44.8 Å². The standard InChI is InChI=1S/C32H51ClN2O7/c1-4-5-6-7-8-9-10-11-12-13-20-38-30-29-28(41-32(2,3)42-29)27(40-30)26(23-35-18-21-37-22-19-35)39-31(36)34-25-16-14-24(33)15-17-25/h14-17,26-30H,4-13,18-23H2,1-3H3,(H,34,36)/t26-,27-,28+,29+,30+/m1/s1. The van der Waals surface area contributed by atoms with Crippen molar-refractivity contribution in [1.29, 1.82) is 0 Å².